The summed E-state index contributed by atoms with van der Waals surface area (Å²) in [5.74, 6) is -2.11. The van der Waals surface area contributed by atoms with Crippen LogP contribution in [0.2, 0.25) is 0 Å². The lowest BCUT2D eigenvalue weighted by Gasteiger charge is -2.25. The summed E-state index contributed by atoms with van der Waals surface area (Å²) in [5.41, 5.74) is 1.85. The van der Waals surface area contributed by atoms with Gasteiger partial charge in [-0.05, 0) is 67.3 Å². The number of fused-ring (bicyclic) bond motifs is 1. The number of benzene rings is 3. The van der Waals surface area contributed by atoms with Crippen molar-refractivity contribution in [2.45, 2.75) is 30.7 Å². The quantitative estimate of drug-likeness (QED) is 0.335. The number of aryl methyl sites for hydroxylation is 2. The normalized spacial score (nSPS) is 12.1. The number of hydrogen-bond acceptors (Lipinski definition) is 5. The van der Waals surface area contributed by atoms with Crippen molar-refractivity contribution < 1.29 is 26.8 Å². The van der Waals surface area contributed by atoms with E-state index in [1.54, 1.807) is 49.5 Å². The summed E-state index contributed by atoms with van der Waals surface area (Å²) < 4.78 is 54.9. The number of halogens is 2. The molecule has 0 radical (unpaired) electrons. The van der Waals surface area contributed by atoms with Crippen molar-refractivity contribution in [3.05, 3.63) is 102 Å². The molecule has 11 heteroatoms. The topological polar surface area (TPSA) is 108 Å². The number of nitrogens with one attached hydrogen (secondary N) is 2. The predicted octanol–water partition coefficient (Wildman–Crippen LogP) is 4.47. The van der Waals surface area contributed by atoms with E-state index < -0.39 is 39.6 Å². The average Bonchev–Trinajstić information content (AvgIpc) is 2.89. The lowest BCUT2D eigenvalue weighted by molar-refractivity contribution is -0.120. The van der Waals surface area contributed by atoms with Gasteiger partial charge in [-0.2, -0.15) is 0 Å². The molecule has 4 rings (SSSR count). The van der Waals surface area contributed by atoms with Crippen molar-refractivity contribution >= 4 is 38.6 Å². The molecule has 8 nitrogen and oxygen atoms in total. The molecular formula is C28H26F2N4O4S. The third-order valence-electron chi connectivity index (χ3n) is 6.16. The Morgan fingerprint density at radius 2 is 1.69 bits per heavy atom. The minimum Gasteiger partial charge on any atom is -0.325 e. The maximum absolute atomic E-state index is 13.7. The summed E-state index contributed by atoms with van der Waals surface area (Å²) in [5, 5.41) is 3.29. The number of nitrogens with zero attached hydrogens (tertiary/aromatic N) is 2. The molecule has 0 spiro atoms. The zero-order valence-electron chi connectivity index (χ0n) is 21.2. The first-order valence-electron chi connectivity index (χ1n) is 12.0. The molecule has 39 heavy (non-hydrogen) atoms. The van der Waals surface area contributed by atoms with Gasteiger partial charge >= 0.3 is 6.03 Å². The number of pyridine rings is 1. The van der Waals surface area contributed by atoms with Gasteiger partial charge < -0.3 is 10.2 Å². The first kappa shape index (κ1) is 27.6. The van der Waals surface area contributed by atoms with Crippen LogP contribution < -0.4 is 14.9 Å². The number of amides is 3. The summed E-state index contributed by atoms with van der Waals surface area (Å²) in [4.78, 5) is 31.8. The molecule has 0 unspecified atom stereocenters. The Kier molecular flexibility index (Phi) is 8.20. The smallest absolute Gasteiger partial charge is 0.325 e. The minimum absolute atomic E-state index is 0.0308. The van der Waals surface area contributed by atoms with E-state index in [1.807, 2.05) is 10.8 Å². The molecule has 1 atom stereocenters. The number of anilines is 1. The van der Waals surface area contributed by atoms with Crippen LogP contribution in [0.15, 0.2) is 83.9 Å². The first-order valence-corrected chi connectivity index (χ1v) is 13.5. The molecule has 0 saturated heterocycles. The highest BCUT2D eigenvalue weighted by Crippen LogP contribution is 2.21. The molecule has 1 heterocycles. The van der Waals surface area contributed by atoms with Crippen LogP contribution in [0.3, 0.4) is 0 Å². The standard InChI is InChI=1S/C28H26F2N4O4S/c1-18-6-3-4-8-26(18)39(37,38)33-28(36)32-24(12-9-19-14-21(29)16-22(30)15-19)27(35)34(2)23-11-10-20-7-5-13-31-25(20)17-23/h3-8,10-11,13-17,24H,9,12H2,1-2H3,(H2,32,33,36)/t24-/m0/s1. The number of carbonyl (C=O) groups is 2. The van der Waals surface area contributed by atoms with E-state index in [0.29, 0.717) is 16.8 Å². The SMILES string of the molecule is Cc1ccccc1S(=O)(=O)NC(=O)N[C@@H](CCc1cc(F)cc(F)c1)C(=O)N(C)c1ccc2cccnc2c1. The fraction of sp³-hybridized carbons (Fsp3) is 0.179. The molecule has 0 aliphatic carbocycles. The van der Waals surface area contributed by atoms with Gasteiger partial charge in [0.1, 0.15) is 17.7 Å². The van der Waals surface area contributed by atoms with Crippen LogP contribution in [0.25, 0.3) is 10.9 Å². The molecule has 0 saturated carbocycles. The molecular weight excluding hydrogens is 526 g/mol. The van der Waals surface area contributed by atoms with Crippen LogP contribution in [-0.2, 0) is 21.2 Å². The maximum atomic E-state index is 13.7. The number of sulfonamides is 1. The van der Waals surface area contributed by atoms with E-state index in [-0.39, 0.29) is 23.3 Å². The zero-order valence-corrected chi connectivity index (χ0v) is 22.0. The molecule has 0 fully saturated rings. The van der Waals surface area contributed by atoms with Crippen LogP contribution >= 0.6 is 0 Å². The highest BCUT2D eigenvalue weighted by molar-refractivity contribution is 7.90. The second kappa shape index (κ2) is 11.6. The Balaban J connectivity index is 1.57. The molecule has 3 aromatic carbocycles. The number of urea groups is 1. The van der Waals surface area contributed by atoms with Crippen LogP contribution in [0.4, 0.5) is 19.3 Å². The number of likely N-dealkylation sites (N-methyl/N-ethyl adjacent to an activating group) is 1. The van der Waals surface area contributed by atoms with E-state index >= 15 is 0 Å². The van der Waals surface area contributed by atoms with Crippen molar-refractivity contribution in [3.8, 4) is 0 Å². The van der Waals surface area contributed by atoms with E-state index in [4.69, 9.17) is 0 Å². The lowest BCUT2D eigenvalue weighted by atomic mass is 10.0. The van der Waals surface area contributed by atoms with Gasteiger partial charge in [-0.15, -0.1) is 0 Å². The number of carbonyl (C=O) groups excluding carboxylic acids is 2. The van der Waals surface area contributed by atoms with Crippen molar-refractivity contribution in [2.75, 3.05) is 11.9 Å². The zero-order chi connectivity index (χ0) is 28.2. The second-order valence-electron chi connectivity index (χ2n) is 8.99. The Morgan fingerprint density at radius 3 is 2.41 bits per heavy atom. The largest absolute Gasteiger partial charge is 0.329 e. The van der Waals surface area contributed by atoms with E-state index in [1.165, 1.54) is 24.1 Å². The van der Waals surface area contributed by atoms with Gasteiger partial charge in [0, 0.05) is 30.4 Å². The summed E-state index contributed by atoms with van der Waals surface area (Å²) in [6.45, 7) is 1.59. The summed E-state index contributed by atoms with van der Waals surface area (Å²) in [7, 11) is -2.73. The van der Waals surface area contributed by atoms with E-state index in [0.717, 1.165) is 23.6 Å². The van der Waals surface area contributed by atoms with Crippen LogP contribution in [0, 0.1) is 18.6 Å². The van der Waals surface area contributed by atoms with Gasteiger partial charge in [-0.3, -0.25) is 9.78 Å². The average molecular weight is 553 g/mol. The van der Waals surface area contributed by atoms with Crippen molar-refractivity contribution in [1.29, 1.82) is 0 Å². The number of rotatable bonds is 8. The Morgan fingerprint density at radius 1 is 0.974 bits per heavy atom. The molecule has 3 amide bonds. The van der Waals surface area contributed by atoms with Gasteiger partial charge in [0.15, 0.2) is 0 Å². The molecule has 4 aromatic rings. The second-order valence-corrected chi connectivity index (χ2v) is 10.6. The van der Waals surface area contributed by atoms with Gasteiger partial charge in [0.05, 0.1) is 10.4 Å². The monoisotopic (exact) mass is 552 g/mol. The maximum Gasteiger partial charge on any atom is 0.329 e. The summed E-state index contributed by atoms with van der Waals surface area (Å²) in [6.07, 6.45) is 1.59. The number of aromatic nitrogens is 1. The molecule has 0 bridgehead atoms. The summed E-state index contributed by atoms with van der Waals surface area (Å²) in [6, 6.07) is 15.6. The Hall–Kier alpha value is -4.38. The van der Waals surface area contributed by atoms with Gasteiger partial charge in [0.2, 0.25) is 5.91 Å². The van der Waals surface area contributed by atoms with Crippen molar-refractivity contribution in [2.24, 2.45) is 0 Å². The van der Waals surface area contributed by atoms with Crippen LogP contribution in [-0.4, -0.2) is 38.4 Å². The fourth-order valence-electron chi connectivity index (χ4n) is 4.17. The molecule has 0 aliphatic rings. The van der Waals surface area contributed by atoms with E-state index in [9.17, 15) is 26.8 Å². The number of hydrogen-bond donors (Lipinski definition) is 2. The Labute approximate surface area is 224 Å². The highest BCUT2D eigenvalue weighted by atomic mass is 32.2. The molecule has 0 aliphatic heterocycles. The van der Waals surface area contributed by atoms with Crippen molar-refractivity contribution in [1.82, 2.24) is 15.0 Å². The van der Waals surface area contributed by atoms with E-state index in [2.05, 4.69) is 10.3 Å². The first-order chi connectivity index (χ1) is 18.5. The highest BCUT2D eigenvalue weighted by Gasteiger charge is 2.27. The summed E-state index contributed by atoms with van der Waals surface area (Å²) >= 11 is 0. The van der Waals surface area contributed by atoms with Gasteiger partial charge in [-0.25, -0.2) is 26.7 Å². The third-order valence-corrected chi connectivity index (χ3v) is 7.66. The Bertz CT molecular complexity index is 1630. The van der Waals surface area contributed by atoms with Gasteiger partial charge in [0.25, 0.3) is 10.0 Å². The third kappa shape index (κ3) is 6.74. The minimum atomic E-state index is -4.23. The molecule has 1 aromatic heterocycles. The lowest BCUT2D eigenvalue weighted by Crippen LogP contribution is -2.51. The van der Waals surface area contributed by atoms with Crippen LogP contribution in [0.5, 0.6) is 0 Å². The molecule has 202 valence electrons. The molecule has 2 N–H and O–H groups in total. The fourth-order valence-corrected chi connectivity index (χ4v) is 5.33. The van der Waals surface area contributed by atoms with Crippen LogP contribution in [0.1, 0.15) is 17.5 Å². The van der Waals surface area contributed by atoms with Gasteiger partial charge in [-0.1, -0.05) is 30.3 Å². The van der Waals surface area contributed by atoms with Crippen molar-refractivity contribution in [3.63, 3.8) is 0 Å². The predicted molar refractivity (Wildman–Crippen MR) is 144 cm³/mol.